The summed E-state index contributed by atoms with van der Waals surface area (Å²) in [7, 11) is 0. The summed E-state index contributed by atoms with van der Waals surface area (Å²) in [4.78, 5) is 13.8. The zero-order chi connectivity index (χ0) is 12.3. The Labute approximate surface area is 96.6 Å². The van der Waals surface area contributed by atoms with Crippen LogP contribution in [0.15, 0.2) is 0 Å². The molecule has 1 heterocycles. The third-order valence-corrected chi connectivity index (χ3v) is 3.04. The number of nitrogens with two attached hydrogens (primary N) is 1. The zero-order valence-electron chi connectivity index (χ0n) is 10.3. The van der Waals surface area contributed by atoms with Crippen LogP contribution in [0.4, 0.5) is 0 Å². The Morgan fingerprint density at radius 3 is 2.75 bits per heavy atom. The summed E-state index contributed by atoms with van der Waals surface area (Å²) in [5, 5.41) is 9.07. The molecule has 5 nitrogen and oxygen atoms in total. The quantitative estimate of drug-likeness (QED) is 0.699. The molecule has 3 atom stereocenters. The van der Waals surface area contributed by atoms with Gasteiger partial charge >= 0.3 is 0 Å². The summed E-state index contributed by atoms with van der Waals surface area (Å²) in [5.41, 5.74) is 5.11. The van der Waals surface area contributed by atoms with E-state index in [-0.39, 0.29) is 24.7 Å². The molecule has 1 saturated heterocycles. The van der Waals surface area contributed by atoms with Gasteiger partial charge in [-0.2, -0.15) is 0 Å². The van der Waals surface area contributed by atoms with Crippen molar-refractivity contribution in [1.82, 2.24) is 4.90 Å². The van der Waals surface area contributed by atoms with E-state index in [1.165, 1.54) is 0 Å². The molecule has 1 fully saturated rings. The molecule has 0 aromatic carbocycles. The molecule has 0 spiro atoms. The van der Waals surface area contributed by atoms with Crippen molar-refractivity contribution in [3.05, 3.63) is 0 Å². The van der Waals surface area contributed by atoms with Gasteiger partial charge in [0.15, 0.2) is 0 Å². The number of aliphatic hydroxyl groups is 1. The van der Waals surface area contributed by atoms with Gasteiger partial charge in [0.2, 0.25) is 5.91 Å². The van der Waals surface area contributed by atoms with Crippen LogP contribution >= 0.6 is 0 Å². The molecule has 0 aromatic rings. The minimum Gasteiger partial charge on any atom is -0.394 e. The Balaban J connectivity index is 2.69. The summed E-state index contributed by atoms with van der Waals surface area (Å²) < 4.78 is 5.48. The highest BCUT2D eigenvalue weighted by Crippen LogP contribution is 2.16. The third-order valence-electron chi connectivity index (χ3n) is 3.04. The van der Waals surface area contributed by atoms with Crippen LogP contribution in [0, 0.1) is 0 Å². The van der Waals surface area contributed by atoms with Crippen molar-refractivity contribution in [3.63, 3.8) is 0 Å². The Morgan fingerprint density at radius 2 is 2.25 bits per heavy atom. The second-order valence-electron chi connectivity index (χ2n) is 4.73. The number of nitrogens with zero attached hydrogens (tertiary/aromatic N) is 1. The third kappa shape index (κ3) is 2.93. The Morgan fingerprint density at radius 1 is 1.62 bits per heavy atom. The molecular weight excluding hydrogens is 208 g/mol. The molecule has 1 amide bonds. The highest BCUT2D eigenvalue weighted by Gasteiger charge is 2.35. The Hall–Kier alpha value is -0.650. The van der Waals surface area contributed by atoms with Crippen LogP contribution in [0.25, 0.3) is 0 Å². The van der Waals surface area contributed by atoms with Gasteiger partial charge in [-0.25, -0.2) is 0 Å². The summed E-state index contributed by atoms with van der Waals surface area (Å²) in [6.45, 7) is 6.42. The van der Waals surface area contributed by atoms with E-state index in [0.29, 0.717) is 19.5 Å². The Bertz CT molecular complexity index is 256. The maximum atomic E-state index is 12.1. The number of ether oxygens (including phenoxy) is 1. The van der Waals surface area contributed by atoms with Crippen LogP contribution in [0.1, 0.15) is 27.2 Å². The smallest absolute Gasteiger partial charge is 0.242 e. The van der Waals surface area contributed by atoms with Crippen LogP contribution < -0.4 is 5.73 Å². The van der Waals surface area contributed by atoms with Gasteiger partial charge in [-0.3, -0.25) is 4.79 Å². The van der Waals surface area contributed by atoms with Crippen LogP contribution in [0.2, 0.25) is 0 Å². The predicted molar refractivity (Wildman–Crippen MR) is 60.9 cm³/mol. The van der Waals surface area contributed by atoms with Crippen molar-refractivity contribution >= 4 is 5.91 Å². The lowest BCUT2D eigenvalue weighted by Gasteiger charge is -2.39. The first-order valence-electron chi connectivity index (χ1n) is 5.75. The van der Waals surface area contributed by atoms with Gasteiger partial charge in [-0.15, -0.1) is 0 Å². The number of carbonyl (C=O) groups is 1. The van der Waals surface area contributed by atoms with E-state index in [2.05, 4.69) is 0 Å². The standard InChI is InChI=1S/C11H22N2O3/c1-4-11(3,12)10(15)13-5-8(2)16-9(6-13)7-14/h8-9,14H,4-7,12H2,1-3H3. The lowest BCUT2D eigenvalue weighted by Crippen LogP contribution is -2.59. The average Bonchev–Trinajstić information content (AvgIpc) is 2.27. The number of hydrogen-bond acceptors (Lipinski definition) is 4. The highest BCUT2D eigenvalue weighted by molar-refractivity contribution is 5.85. The van der Waals surface area contributed by atoms with E-state index in [4.69, 9.17) is 15.6 Å². The van der Waals surface area contributed by atoms with Crippen LogP contribution in [-0.2, 0) is 9.53 Å². The molecular formula is C11H22N2O3. The number of rotatable bonds is 3. The molecule has 0 aliphatic carbocycles. The van der Waals surface area contributed by atoms with E-state index < -0.39 is 5.54 Å². The first-order chi connectivity index (χ1) is 7.40. The molecule has 0 saturated carbocycles. The maximum absolute atomic E-state index is 12.1. The summed E-state index contributed by atoms with van der Waals surface area (Å²) in [6.07, 6.45) is 0.254. The lowest BCUT2D eigenvalue weighted by atomic mass is 9.97. The number of morpholine rings is 1. The van der Waals surface area contributed by atoms with E-state index in [1.54, 1.807) is 11.8 Å². The molecule has 3 N–H and O–H groups in total. The van der Waals surface area contributed by atoms with Gasteiger partial charge in [-0.1, -0.05) is 6.92 Å². The second kappa shape index (κ2) is 5.12. The van der Waals surface area contributed by atoms with Crippen molar-refractivity contribution < 1.29 is 14.6 Å². The maximum Gasteiger partial charge on any atom is 0.242 e. The molecule has 0 aromatic heterocycles. The molecule has 0 bridgehead atoms. The minimum atomic E-state index is -0.822. The van der Waals surface area contributed by atoms with E-state index >= 15 is 0 Å². The summed E-state index contributed by atoms with van der Waals surface area (Å²) in [6, 6.07) is 0. The fourth-order valence-electron chi connectivity index (χ4n) is 1.82. The Kier molecular flexibility index (Phi) is 4.29. The molecule has 16 heavy (non-hydrogen) atoms. The van der Waals surface area contributed by atoms with Crippen LogP contribution in [0.3, 0.4) is 0 Å². The molecule has 5 heteroatoms. The lowest BCUT2D eigenvalue weighted by molar-refractivity contribution is -0.152. The summed E-state index contributed by atoms with van der Waals surface area (Å²) in [5.74, 6) is -0.0661. The molecule has 1 rings (SSSR count). The van der Waals surface area contributed by atoms with E-state index in [9.17, 15) is 4.79 Å². The van der Waals surface area contributed by atoms with Crippen molar-refractivity contribution in [3.8, 4) is 0 Å². The molecule has 1 aliphatic rings. The average molecular weight is 230 g/mol. The van der Waals surface area contributed by atoms with Crippen LogP contribution in [-0.4, -0.2) is 53.4 Å². The van der Waals surface area contributed by atoms with Crippen molar-refractivity contribution in [1.29, 1.82) is 0 Å². The largest absolute Gasteiger partial charge is 0.394 e. The fourth-order valence-corrected chi connectivity index (χ4v) is 1.82. The monoisotopic (exact) mass is 230 g/mol. The van der Waals surface area contributed by atoms with Gasteiger partial charge in [0.1, 0.15) is 0 Å². The number of hydrogen-bond donors (Lipinski definition) is 2. The number of amides is 1. The van der Waals surface area contributed by atoms with Crippen molar-refractivity contribution in [2.75, 3.05) is 19.7 Å². The SMILES string of the molecule is CCC(C)(N)C(=O)N1CC(C)OC(CO)C1. The highest BCUT2D eigenvalue weighted by atomic mass is 16.5. The molecule has 0 radical (unpaired) electrons. The zero-order valence-corrected chi connectivity index (χ0v) is 10.3. The van der Waals surface area contributed by atoms with Gasteiger partial charge in [0.25, 0.3) is 0 Å². The molecule has 3 unspecified atom stereocenters. The van der Waals surface area contributed by atoms with Gasteiger partial charge in [0, 0.05) is 13.1 Å². The van der Waals surface area contributed by atoms with Gasteiger partial charge in [-0.05, 0) is 20.3 Å². The van der Waals surface area contributed by atoms with Crippen molar-refractivity contribution in [2.24, 2.45) is 5.73 Å². The number of aliphatic hydroxyl groups excluding tert-OH is 1. The predicted octanol–water partition coefficient (Wildman–Crippen LogP) is -0.278. The van der Waals surface area contributed by atoms with Gasteiger partial charge in [0.05, 0.1) is 24.4 Å². The normalized spacial score (nSPS) is 29.9. The molecule has 1 aliphatic heterocycles. The molecule has 94 valence electrons. The fraction of sp³-hybridized carbons (Fsp3) is 0.909. The number of carbonyl (C=O) groups excluding carboxylic acids is 1. The van der Waals surface area contributed by atoms with E-state index in [1.807, 2.05) is 13.8 Å². The second-order valence-corrected chi connectivity index (χ2v) is 4.73. The van der Waals surface area contributed by atoms with Crippen LogP contribution in [0.5, 0.6) is 0 Å². The van der Waals surface area contributed by atoms with E-state index in [0.717, 1.165) is 0 Å². The summed E-state index contributed by atoms with van der Waals surface area (Å²) >= 11 is 0. The first-order valence-corrected chi connectivity index (χ1v) is 5.75. The van der Waals surface area contributed by atoms with Gasteiger partial charge < -0.3 is 20.5 Å². The topological polar surface area (TPSA) is 75.8 Å². The minimum absolute atomic E-state index is 0.0532. The van der Waals surface area contributed by atoms with Crippen molar-refractivity contribution in [2.45, 2.75) is 44.9 Å². The first kappa shape index (κ1) is 13.4.